The number of aromatic nitrogens is 1. The summed E-state index contributed by atoms with van der Waals surface area (Å²) in [5.41, 5.74) is 1.03. The van der Waals surface area contributed by atoms with E-state index in [1.165, 1.54) is 5.56 Å². The number of rotatable bonds is 8. The SMILES string of the molecule is CCNC(C)c1ccnc(OCCC(C)(C)OC)c1. The lowest BCUT2D eigenvalue weighted by molar-refractivity contribution is 0.00508. The predicted octanol–water partition coefficient (Wildman–Crippen LogP) is 2.95. The highest BCUT2D eigenvalue weighted by molar-refractivity contribution is 5.23. The topological polar surface area (TPSA) is 43.4 Å². The zero-order valence-electron chi connectivity index (χ0n) is 12.7. The summed E-state index contributed by atoms with van der Waals surface area (Å²) in [5, 5.41) is 3.38. The van der Waals surface area contributed by atoms with E-state index in [9.17, 15) is 0 Å². The van der Waals surface area contributed by atoms with Gasteiger partial charge in [0.15, 0.2) is 0 Å². The van der Waals surface area contributed by atoms with Gasteiger partial charge >= 0.3 is 0 Å². The third kappa shape index (κ3) is 5.57. The average molecular weight is 266 g/mol. The fourth-order valence-corrected chi connectivity index (χ4v) is 1.70. The van der Waals surface area contributed by atoms with E-state index in [1.54, 1.807) is 13.3 Å². The molecule has 19 heavy (non-hydrogen) atoms. The molecule has 0 bridgehead atoms. The van der Waals surface area contributed by atoms with Gasteiger partial charge in [0, 0.05) is 31.8 Å². The largest absolute Gasteiger partial charge is 0.478 e. The average Bonchev–Trinajstić information content (AvgIpc) is 2.39. The molecule has 1 aromatic heterocycles. The first-order valence-electron chi connectivity index (χ1n) is 6.86. The molecule has 108 valence electrons. The van der Waals surface area contributed by atoms with Crippen LogP contribution in [0.25, 0.3) is 0 Å². The smallest absolute Gasteiger partial charge is 0.213 e. The summed E-state index contributed by atoms with van der Waals surface area (Å²) in [5.74, 6) is 0.675. The van der Waals surface area contributed by atoms with Crippen LogP contribution < -0.4 is 10.1 Å². The maximum atomic E-state index is 5.69. The highest BCUT2D eigenvalue weighted by atomic mass is 16.5. The number of nitrogens with zero attached hydrogens (tertiary/aromatic N) is 1. The number of hydrogen-bond donors (Lipinski definition) is 1. The van der Waals surface area contributed by atoms with E-state index < -0.39 is 0 Å². The molecular formula is C15H26N2O2. The highest BCUT2D eigenvalue weighted by Crippen LogP contribution is 2.18. The van der Waals surface area contributed by atoms with Gasteiger partial charge in [-0.05, 0) is 38.9 Å². The fourth-order valence-electron chi connectivity index (χ4n) is 1.70. The van der Waals surface area contributed by atoms with Crippen LogP contribution in [0.4, 0.5) is 0 Å². The minimum absolute atomic E-state index is 0.158. The molecule has 1 aromatic rings. The molecule has 0 aliphatic carbocycles. The zero-order chi connectivity index (χ0) is 14.3. The van der Waals surface area contributed by atoms with E-state index in [0.29, 0.717) is 18.5 Å². The molecule has 0 radical (unpaired) electrons. The maximum absolute atomic E-state index is 5.69. The molecule has 0 aromatic carbocycles. The van der Waals surface area contributed by atoms with Gasteiger partial charge in [0.1, 0.15) is 0 Å². The minimum atomic E-state index is -0.158. The van der Waals surface area contributed by atoms with Crippen molar-refractivity contribution >= 4 is 0 Å². The number of nitrogens with one attached hydrogen (secondary N) is 1. The molecule has 1 N–H and O–H groups in total. The van der Waals surface area contributed by atoms with Crippen molar-refractivity contribution in [2.75, 3.05) is 20.3 Å². The van der Waals surface area contributed by atoms with Crippen molar-refractivity contribution in [3.8, 4) is 5.88 Å². The molecule has 4 nitrogen and oxygen atoms in total. The minimum Gasteiger partial charge on any atom is -0.478 e. The summed E-state index contributed by atoms with van der Waals surface area (Å²) >= 11 is 0. The predicted molar refractivity (Wildman–Crippen MR) is 77.5 cm³/mol. The monoisotopic (exact) mass is 266 g/mol. The first-order valence-corrected chi connectivity index (χ1v) is 6.86. The molecular weight excluding hydrogens is 240 g/mol. The van der Waals surface area contributed by atoms with E-state index in [2.05, 4.69) is 24.1 Å². The Balaban J connectivity index is 2.53. The van der Waals surface area contributed by atoms with Gasteiger partial charge in [-0.25, -0.2) is 4.98 Å². The van der Waals surface area contributed by atoms with Gasteiger partial charge < -0.3 is 14.8 Å². The van der Waals surface area contributed by atoms with Gasteiger partial charge in [0.25, 0.3) is 0 Å². The molecule has 1 heterocycles. The Morgan fingerprint density at radius 3 is 2.79 bits per heavy atom. The molecule has 0 fully saturated rings. The molecule has 0 amide bonds. The molecule has 1 unspecified atom stereocenters. The summed E-state index contributed by atoms with van der Waals surface area (Å²) in [6, 6.07) is 4.32. The standard InChI is InChI=1S/C15H26N2O2/c1-6-16-12(2)13-7-9-17-14(11-13)19-10-8-15(3,4)18-5/h7,9,11-12,16H,6,8,10H2,1-5H3. The molecule has 0 aliphatic rings. The molecule has 0 saturated carbocycles. The van der Waals surface area contributed by atoms with Crippen molar-refractivity contribution in [3.63, 3.8) is 0 Å². The Bertz CT molecular complexity index is 380. The summed E-state index contributed by atoms with van der Waals surface area (Å²) in [6.07, 6.45) is 2.62. The van der Waals surface area contributed by atoms with Crippen LogP contribution in [0.3, 0.4) is 0 Å². The van der Waals surface area contributed by atoms with E-state index >= 15 is 0 Å². The Kier molecular flexibility index (Phi) is 6.25. The molecule has 4 heteroatoms. The van der Waals surface area contributed by atoms with Gasteiger partial charge in [0.05, 0.1) is 12.2 Å². The van der Waals surface area contributed by atoms with Crippen LogP contribution in [0.15, 0.2) is 18.3 Å². The maximum Gasteiger partial charge on any atom is 0.213 e. The first kappa shape index (κ1) is 15.9. The molecule has 0 aliphatic heterocycles. The normalized spacial score (nSPS) is 13.3. The van der Waals surface area contributed by atoms with Crippen molar-refractivity contribution in [3.05, 3.63) is 23.9 Å². The third-order valence-corrected chi connectivity index (χ3v) is 3.28. The lowest BCUT2D eigenvalue weighted by atomic mass is 10.1. The second kappa shape index (κ2) is 7.46. The van der Waals surface area contributed by atoms with Crippen molar-refractivity contribution in [2.24, 2.45) is 0 Å². The van der Waals surface area contributed by atoms with Crippen molar-refractivity contribution in [1.29, 1.82) is 0 Å². The second-order valence-corrected chi connectivity index (χ2v) is 5.27. The van der Waals surface area contributed by atoms with Crippen molar-refractivity contribution in [1.82, 2.24) is 10.3 Å². The lowest BCUT2D eigenvalue weighted by Gasteiger charge is -2.22. The lowest BCUT2D eigenvalue weighted by Crippen LogP contribution is -2.25. The van der Waals surface area contributed by atoms with E-state index in [-0.39, 0.29) is 5.60 Å². The number of hydrogen-bond acceptors (Lipinski definition) is 4. The highest BCUT2D eigenvalue weighted by Gasteiger charge is 2.16. The van der Waals surface area contributed by atoms with Crippen LogP contribution in [0.2, 0.25) is 0 Å². The number of methoxy groups -OCH3 is 1. The Morgan fingerprint density at radius 1 is 1.42 bits per heavy atom. The van der Waals surface area contributed by atoms with Crippen LogP contribution >= 0.6 is 0 Å². The Hall–Kier alpha value is -1.13. The number of pyridine rings is 1. The van der Waals surface area contributed by atoms with Gasteiger partial charge in [-0.15, -0.1) is 0 Å². The third-order valence-electron chi connectivity index (χ3n) is 3.28. The van der Waals surface area contributed by atoms with Crippen molar-refractivity contribution in [2.45, 2.75) is 45.8 Å². The summed E-state index contributed by atoms with van der Waals surface area (Å²) in [7, 11) is 1.72. The van der Waals surface area contributed by atoms with Crippen LogP contribution in [-0.2, 0) is 4.74 Å². The van der Waals surface area contributed by atoms with Gasteiger partial charge in [-0.1, -0.05) is 6.92 Å². The van der Waals surface area contributed by atoms with Crippen LogP contribution in [0, 0.1) is 0 Å². The van der Waals surface area contributed by atoms with Crippen LogP contribution in [-0.4, -0.2) is 30.8 Å². The first-order chi connectivity index (χ1) is 8.98. The van der Waals surface area contributed by atoms with Gasteiger partial charge in [0.2, 0.25) is 5.88 Å². The fraction of sp³-hybridized carbons (Fsp3) is 0.667. The Labute approximate surface area is 116 Å². The van der Waals surface area contributed by atoms with Gasteiger partial charge in [-0.2, -0.15) is 0 Å². The van der Waals surface area contributed by atoms with Crippen molar-refractivity contribution < 1.29 is 9.47 Å². The number of ether oxygens (including phenoxy) is 2. The quantitative estimate of drug-likeness (QED) is 0.785. The molecule has 0 spiro atoms. The van der Waals surface area contributed by atoms with Gasteiger partial charge in [-0.3, -0.25) is 0 Å². The second-order valence-electron chi connectivity index (χ2n) is 5.27. The molecule has 1 rings (SSSR count). The molecule has 0 saturated heterocycles. The van der Waals surface area contributed by atoms with Crippen LogP contribution in [0.5, 0.6) is 5.88 Å². The van der Waals surface area contributed by atoms with E-state index in [1.807, 2.05) is 26.0 Å². The Morgan fingerprint density at radius 2 is 2.16 bits per heavy atom. The summed E-state index contributed by atoms with van der Waals surface area (Å²) in [4.78, 5) is 4.24. The summed E-state index contributed by atoms with van der Waals surface area (Å²) < 4.78 is 11.1. The summed E-state index contributed by atoms with van der Waals surface area (Å²) in [6.45, 7) is 9.88. The van der Waals surface area contributed by atoms with E-state index in [0.717, 1.165) is 13.0 Å². The van der Waals surface area contributed by atoms with E-state index in [4.69, 9.17) is 9.47 Å². The zero-order valence-corrected chi connectivity index (χ0v) is 12.7. The molecule has 1 atom stereocenters. The van der Waals surface area contributed by atoms with Crippen LogP contribution in [0.1, 0.15) is 45.7 Å².